The Bertz CT molecular complexity index is 1350. The lowest BCUT2D eigenvalue weighted by atomic mass is 9.85. The van der Waals surface area contributed by atoms with E-state index in [0.717, 1.165) is 60.4 Å². The van der Waals surface area contributed by atoms with E-state index in [9.17, 15) is 8.42 Å². The zero-order chi connectivity index (χ0) is 28.8. The van der Waals surface area contributed by atoms with Crippen molar-refractivity contribution in [2.24, 2.45) is 0 Å². The van der Waals surface area contributed by atoms with Gasteiger partial charge in [-0.25, -0.2) is 8.42 Å². The Morgan fingerprint density at radius 1 is 0.900 bits per heavy atom. The molecule has 0 saturated carbocycles. The first-order chi connectivity index (χ1) is 19.3. The number of unbranched alkanes of at least 4 members (excludes halogenated alkanes) is 2. The third kappa shape index (κ3) is 6.14. The van der Waals surface area contributed by atoms with Crippen molar-refractivity contribution in [3.63, 3.8) is 0 Å². The minimum Gasteiger partial charge on any atom is -0.497 e. The molecular weight excluding hydrogens is 540 g/mol. The summed E-state index contributed by atoms with van der Waals surface area (Å²) in [6.45, 7) is 5.20. The number of para-hydroxylation sites is 1. The van der Waals surface area contributed by atoms with Gasteiger partial charge >= 0.3 is 0 Å². The minimum absolute atomic E-state index is 0.286. The number of fused-ring (bicyclic) bond motifs is 1. The van der Waals surface area contributed by atoms with Crippen molar-refractivity contribution in [1.82, 2.24) is 4.31 Å². The predicted molar refractivity (Wildman–Crippen MR) is 166 cm³/mol. The van der Waals surface area contributed by atoms with Crippen LogP contribution in [0.2, 0.25) is 0 Å². The van der Waals surface area contributed by atoms with E-state index in [0.29, 0.717) is 18.0 Å². The van der Waals surface area contributed by atoms with E-state index in [1.165, 1.54) is 0 Å². The second kappa shape index (κ2) is 13.3. The Kier molecular flexibility index (Phi) is 10.1. The molecule has 8 heteroatoms. The first-order valence-electron chi connectivity index (χ1n) is 14.1. The van der Waals surface area contributed by atoms with Crippen molar-refractivity contribution >= 4 is 33.2 Å². The summed E-state index contributed by atoms with van der Waals surface area (Å²) in [7, 11) is -0.691. The Morgan fingerprint density at radius 2 is 1.55 bits per heavy atom. The van der Waals surface area contributed by atoms with Gasteiger partial charge in [0.25, 0.3) is 0 Å². The molecule has 3 aromatic rings. The fourth-order valence-electron chi connectivity index (χ4n) is 5.63. The van der Waals surface area contributed by atoms with Gasteiger partial charge in [-0.2, -0.15) is 4.31 Å². The molecule has 1 aliphatic heterocycles. The highest BCUT2D eigenvalue weighted by Gasteiger charge is 2.48. The Balaban J connectivity index is 2.01. The topological polar surface area (TPSA) is 59.1 Å². The Hall–Kier alpha value is -2.68. The van der Waals surface area contributed by atoms with Gasteiger partial charge in [-0.15, -0.1) is 11.8 Å². The highest BCUT2D eigenvalue weighted by Crippen LogP contribution is 2.48. The van der Waals surface area contributed by atoms with Gasteiger partial charge in [0, 0.05) is 24.8 Å². The van der Waals surface area contributed by atoms with E-state index in [4.69, 9.17) is 9.47 Å². The second-order valence-corrected chi connectivity index (χ2v) is 13.1. The zero-order valence-corrected chi connectivity index (χ0v) is 26.0. The minimum atomic E-state index is -3.93. The number of ether oxygens (including phenoxy) is 2. The molecule has 0 radical (unpaired) electrons. The predicted octanol–water partition coefficient (Wildman–Crippen LogP) is 7.89. The fourth-order valence-corrected chi connectivity index (χ4v) is 8.20. The van der Waals surface area contributed by atoms with Gasteiger partial charge in [0.05, 0.1) is 30.3 Å². The Morgan fingerprint density at radius 3 is 2.10 bits per heavy atom. The molecule has 0 aliphatic carbocycles. The number of nitrogens with zero attached hydrogens (tertiary/aromatic N) is 2. The SMILES string of the molecule is CCCCC1(CCCC)CN(c2ccccc2)c2cc(SC)c(OC)cc2S(=O)(=O)N1Cc1ccc(OC)cc1. The maximum absolute atomic E-state index is 15.0. The largest absolute Gasteiger partial charge is 0.497 e. The maximum Gasteiger partial charge on any atom is 0.246 e. The number of sulfonamides is 1. The van der Waals surface area contributed by atoms with Crippen molar-refractivity contribution in [1.29, 1.82) is 0 Å². The van der Waals surface area contributed by atoms with Crippen LogP contribution >= 0.6 is 11.8 Å². The number of methoxy groups -OCH3 is 2. The molecule has 0 amide bonds. The number of thioether (sulfide) groups is 1. The summed E-state index contributed by atoms with van der Waals surface area (Å²) in [6, 6.07) is 21.6. The van der Waals surface area contributed by atoms with Crippen LogP contribution in [-0.2, 0) is 16.6 Å². The molecule has 216 valence electrons. The molecule has 4 rings (SSSR count). The van der Waals surface area contributed by atoms with Gasteiger partial charge in [0.2, 0.25) is 10.0 Å². The molecule has 3 aromatic carbocycles. The molecule has 1 aliphatic rings. The van der Waals surface area contributed by atoms with E-state index in [1.807, 2.05) is 59.1 Å². The maximum atomic E-state index is 15.0. The quantitative estimate of drug-likeness (QED) is 0.202. The molecule has 0 bridgehead atoms. The van der Waals surface area contributed by atoms with Crippen molar-refractivity contribution < 1.29 is 17.9 Å². The zero-order valence-electron chi connectivity index (χ0n) is 24.4. The molecule has 0 saturated heterocycles. The third-order valence-corrected chi connectivity index (χ3v) is 10.6. The highest BCUT2D eigenvalue weighted by atomic mass is 32.2. The number of anilines is 2. The fraction of sp³-hybridized carbons (Fsp3) is 0.438. The van der Waals surface area contributed by atoms with Gasteiger partial charge in [0.15, 0.2) is 0 Å². The van der Waals surface area contributed by atoms with Crippen molar-refractivity contribution in [3.05, 3.63) is 72.3 Å². The van der Waals surface area contributed by atoms with Crippen molar-refractivity contribution in [2.75, 3.05) is 31.9 Å². The third-order valence-electron chi connectivity index (χ3n) is 7.85. The molecule has 0 unspecified atom stereocenters. The first-order valence-corrected chi connectivity index (χ1v) is 16.7. The van der Waals surface area contributed by atoms with Crippen molar-refractivity contribution in [3.8, 4) is 11.5 Å². The van der Waals surface area contributed by atoms with E-state index in [-0.39, 0.29) is 11.4 Å². The normalized spacial score (nSPS) is 16.3. The molecule has 0 atom stereocenters. The lowest BCUT2D eigenvalue weighted by Gasteiger charge is -2.44. The van der Waals surface area contributed by atoms with Crippen LogP contribution in [0.3, 0.4) is 0 Å². The lowest BCUT2D eigenvalue weighted by Crippen LogP contribution is -2.55. The lowest BCUT2D eigenvalue weighted by molar-refractivity contribution is 0.153. The van der Waals surface area contributed by atoms with Gasteiger partial charge in [-0.1, -0.05) is 69.9 Å². The van der Waals surface area contributed by atoms with Gasteiger partial charge in [0.1, 0.15) is 16.4 Å². The van der Waals surface area contributed by atoms with Crippen LogP contribution in [0.25, 0.3) is 0 Å². The number of hydrogen-bond donors (Lipinski definition) is 0. The summed E-state index contributed by atoms with van der Waals surface area (Å²) >= 11 is 1.56. The summed E-state index contributed by atoms with van der Waals surface area (Å²) < 4.78 is 42.8. The average molecular weight is 583 g/mol. The van der Waals surface area contributed by atoms with Gasteiger partial charge in [-0.3, -0.25) is 0 Å². The Labute approximate surface area is 244 Å². The molecule has 0 fully saturated rings. The highest BCUT2D eigenvalue weighted by molar-refractivity contribution is 7.98. The summed E-state index contributed by atoms with van der Waals surface area (Å²) in [5.74, 6) is 1.32. The number of hydrogen-bond acceptors (Lipinski definition) is 6. The van der Waals surface area contributed by atoms with Crippen LogP contribution in [0.4, 0.5) is 11.4 Å². The number of rotatable bonds is 12. The van der Waals surface area contributed by atoms with Crippen LogP contribution in [0, 0.1) is 0 Å². The van der Waals surface area contributed by atoms with E-state index >= 15 is 0 Å². The molecule has 0 N–H and O–H groups in total. The van der Waals surface area contributed by atoms with E-state index < -0.39 is 15.6 Å². The van der Waals surface area contributed by atoms with Crippen molar-refractivity contribution in [2.45, 2.75) is 74.2 Å². The second-order valence-electron chi connectivity index (χ2n) is 10.4. The molecule has 0 aromatic heterocycles. The van der Waals surface area contributed by atoms with E-state index in [2.05, 4.69) is 30.9 Å². The molecular formula is C32H42N2O4S2. The smallest absolute Gasteiger partial charge is 0.246 e. The molecule has 40 heavy (non-hydrogen) atoms. The number of benzene rings is 3. The van der Waals surface area contributed by atoms with Crippen LogP contribution < -0.4 is 14.4 Å². The summed E-state index contributed by atoms with van der Waals surface area (Å²) in [5, 5.41) is 0. The van der Waals surface area contributed by atoms with Gasteiger partial charge < -0.3 is 14.4 Å². The van der Waals surface area contributed by atoms with Crippen LogP contribution in [0.15, 0.2) is 76.5 Å². The van der Waals surface area contributed by atoms with Crippen LogP contribution in [-0.4, -0.2) is 45.3 Å². The molecule has 1 heterocycles. The monoisotopic (exact) mass is 582 g/mol. The van der Waals surface area contributed by atoms with Gasteiger partial charge in [-0.05, 0) is 55.0 Å². The van der Waals surface area contributed by atoms with Crippen LogP contribution in [0.5, 0.6) is 11.5 Å². The molecule has 0 spiro atoms. The average Bonchev–Trinajstić information content (AvgIpc) is 3.06. The summed E-state index contributed by atoms with van der Waals surface area (Å²) in [6.07, 6.45) is 7.42. The van der Waals surface area contributed by atoms with Crippen LogP contribution in [0.1, 0.15) is 57.9 Å². The first kappa shape index (κ1) is 30.3. The molecule has 6 nitrogen and oxygen atoms in total. The van der Waals surface area contributed by atoms with E-state index in [1.54, 1.807) is 32.0 Å². The standard InChI is InChI=1S/C32H42N2O4S2/c1-6-8-19-32(20-9-7-2)24-33(26-13-11-10-12-14-26)28-21-30(39-5)29(38-4)22-31(28)40(35,36)34(32)23-25-15-17-27(37-3)18-16-25/h10-18,21-22H,6-9,19-20,23-24H2,1-5H3. The summed E-state index contributed by atoms with van der Waals surface area (Å²) in [4.78, 5) is 3.42. The summed E-state index contributed by atoms with van der Waals surface area (Å²) in [5.41, 5.74) is 2.02.